The molecule has 2 aromatic rings. The molecule has 0 saturated carbocycles. The van der Waals surface area contributed by atoms with Crippen LogP contribution in [0.2, 0.25) is 0 Å². The van der Waals surface area contributed by atoms with Gasteiger partial charge in [0.2, 0.25) is 0 Å². The van der Waals surface area contributed by atoms with Crippen molar-refractivity contribution in [2.45, 2.75) is 52.5 Å². The van der Waals surface area contributed by atoms with Gasteiger partial charge in [-0.25, -0.2) is 0 Å². The molecule has 1 aromatic heterocycles. The quantitative estimate of drug-likeness (QED) is 0.822. The third-order valence-electron chi connectivity index (χ3n) is 4.21. The zero-order chi connectivity index (χ0) is 15.6. The Morgan fingerprint density at radius 2 is 1.76 bits per heavy atom. The van der Waals surface area contributed by atoms with E-state index in [1.54, 1.807) is 0 Å². The van der Waals surface area contributed by atoms with Gasteiger partial charge in [-0.1, -0.05) is 39.0 Å². The first kappa shape index (κ1) is 16.3. The molecule has 1 unspecified atom stereocenters. The highest BCUT2D eigenvalue weighted by Crippen LogP contribution is 2.30. The van der Waals surface area contributed by atoms with E-state index in [0.717, 1.165) is 6.42 Å². The highest BCUT2D eigenvalue weighted by molar-refractivity contribution is 7.10. The zero-order valence-corrected chi connectivity index (χ0v) is 14.9. The Balaban J connectivity index is 2.32. The third-order valence-corrected chi connectivity index (χ3v) is 5.19. The second kappa shape index (κ2) is 6.33. The lowest BCUT2D eigenvalue weighted by molar-refractivity contribution is 0.583. The molecule has 0 aliphatic rings. The SMILES string of the molecule is CNC(Cc1c(C)cc(C(C)(C)C)cc1C)c1cccs1. The van der Waals surface area contributed by atoms with Crippen LogP contribution in [0.5, 0.6) is 0 Å². The average molecular weight is 301 g/mol. The molecule has 0 amide bonds. The molecule has 1 N–H and O–H groups in total. The Kier molecular flexibility index (Phi) is 4.90. The van der Waals surface area contributed by atoms with Gasteiger partial charge in [-0.15, -0.1) is 11.3 Å². The Labute approximate surface area is 133 Å². The maximum absolute atomic E-state index is 3.46. The predicted molar refractivity (Wildman–Crippen MR) is 94.4 cm³/mol. The first-order valence-electron chi connectivity index (χ1n) is 7.64. The molecule has 2 heteroatoms. The summed E-state index contributed by atoms with van der Waals surface area (Å²) in [6, 6.07) is 9.49. The molecule has 114 valence electrons. The Morgan fingerprint density at radius 1 is 1.14 bits per heavy atom. The van der Waals surface area contributed by atoms with Gasteiger partial charge in [0, 0.05) is 10.9 Å². The van der Waals surface area contributed by atoms with Gasteiger partial charge in [0.25, 0.3) is 0 Å². The summed E-state index contributed by atoms with van der Waals surface area (Å²) < 4.78 is 0. The molecule has 0 spiro atoms. The van der Waals surface area contributed by atoms with Crippen molar-refractivity contribution in [2.24, 2.45) is 0 Å². The van der Waals surface area contributed by atoms with Crippen molar-refractivity contribution in [3.8, 4) is 0 Å². The summed E-state index contributed by atoms with van der Waals surface area (Å²) in [4.78, 5) is 1.41. The minimum atomic E-state index is 0.213. The van der Waals surface area contributed by atoms with E-state index in [2.05, 4.69) is 76.6 Å². The lowest BCUT2D eigenvalue weighted by Gasteiger charge is -2.24. The number of hydrogen-bond donors (Lipinski definition) is 1. The van der Waals surface area contributed by atoms with Gasteiger partial charge in [-0.2, -0.15) is 0 Å². The summed E-state index contributed by atoms with van der Waals surface area (Å²) >= 11 is 1.83. The molecule has 2 rings (SSSR count). The van der Waals surface area contributed by atoms with Gasteiger partial charge < -0.3 is 5.32 Å². The van der Waals surface area contributed by atoms with E-state index in [-0.39, 0.29) is 5.41 Å². The van der Waals surface area contributed by atoms with Crippen LogP contribution in [0.1, 0.15) is 53.9 Å². The van der Waals surface area contributed by atoms with Crippen molar-refractivity contribution >= 4 is 11.3 Å². The van der Waals surface area contributed by atoms with Gasteiger partial charge in [-0.05, 0) is 66.4 Å². The zero-order valence-electron chi connectivity index (χ0n) is 14.1. The molecule has 1 aromatic carbocycles. The standard InChI is InChI=1S/C19H27NS/c1-13-10-15(19(3,4)5)11-14(2)16(13)12-17(20-6)18-8-7-9-21-18/h7-11,17,20H,12H2,1-6H3. The topological polar surface area (TPSA) is 12.0 Å². The lowest BCUT2D eigenvalue weighted by atomic mass is 9.83. The Hall–Kier alpha value is -1.12. The van der Waals surface area contributed by atoms with E-state index in [9.17, 15) is 0 Å². The van der Waals surface area contributed by atoms with E-state index >= 15 is 0 Å². The number of likely N-dealkylation sites (N-methyl/N-ethyl adjacent to an activating group) is 1. The van der Waals surface area contributed by atoms with Gasteiger partial charge in [-0.3, -0.25) is 0 Å². The molecular formula is C19H27NS. The molecule has 0 aliphatic carbocycles. The predicted octanol–water partition coefficient (Wildman–Crippen LogP) is 5.17. The van der Waals surface area contributed by atoms with Gasteiger partial charge in [0.1, 0.15) is 0 Å². The summed E-state index contributed by atoms with van der Waals surface area (Å²) in [5, 5.41) is 5.62. The van der Waals surface area contributed by atoms with Crippen molar-refractivity contribution in [3.63, 3.8) is 0 Å². The lowest BCUT2D eigenvalue weighted by Crippen LogP contribution is -2.19. The smallest absolute Gasteiger partial charge is 0.0453 e. The number of nitrogens with one attached hydrogen (secondary N) is 1. The first-order valence-corrected chi connectivity index (χ1v) is 8.52. The van der Waals surface area contributed by atoms with Gasteiger partial charge >= 0.3 is 0 Å². The fourth-order valence-electron chi connectivity index (χ4n) is 2.79. The largest absolute Gasteiger partial charge is 0.312 e. The second-order valence-electron chi connectivity index (χ2n) is 6.90. The van der Waals surface area contributed by atoms with E-state index in [1.165, 1.54) is 27.1 Å². The number of thiophene rings is 1. The molecular weight excluding hydrogens is 274 g/mol. The first-order chi connectivity index (χ1) is 9.82. The fraction of sp³-hybridized carbons (Fsp3) is 0.474. The minimum Gasteiger partial charge on any atom is -0.312 e. The highest BCUT2D eigenvalue weighted by Gasteiger charge is 2.18. The van der Waals surface area contributed by atoms with Crippen LogP contribution >= 0.6 is 11.3 Å². The van der Waals surface area contributed by atoms with Crippen molar-refractivity contribution < 1.29 is 0 Å². The van der Waals surface area contributed by atoms with Crippen molar-refractivity contribution in [1.29, 1.82) is 0 Å². The van der Waals surface area contributed by atoms with E-state index in [1.807, 2.05) is 11.3 Å². The number of benzene rings is 1. The van der Waals surface area contributed by atoms with Crippen LogP contribution in [0.25, 0.3) is 0 Å². The molecule has 21 heavy (non-hydrogen) atoms. The molecule has 1 nitrogen and oxygen atoms in total. The van der Waals surface area contributed by atoms with Gasteiger partial charge in [0.15, 0.2) is 0 Å². The van der Waals surface area contributed by atoms with Crippen LogP contribution in [0.3, 0.4) is 0 Å². The average Bonchev–Trinajstić information content (AvgIpc) is 2.90. The van der Waals surface area contributed by atoms with Crippen LogP contribution in [-0.4, -0.2) is 7.05 Å². The number of aryl methyl sites for hydroxylation is 2. The third kappa shape index (κ3) is 3.75. The highest BCUT2D eigenvalue weighted by atomic mass is 32.1. The van der Waals surface area contributed by atoms with Gasteiger partial charge in [0.05, 0.1) is 0 Å². The fourth-order valence-corrected chi connectivity index (χ4v) is 3.62. The summed E-state index contributed by atoms with van der Waals surface area (Å²) in [5.74, 6) is 0. The van der Waals surface area contributed by atoms with E-state index in [4.69, 9.17) is 0 Å². The Morgan fingerprint density at radius 3 is 2.19 bits per heavy atom. The summed E-state index contributed by atoms with van der Waals surface area (Å²) in [7, 11) is 2.05. The van der Waals surface area contributed by atoms with Crippen LogP contribution in [0.15, 0.2) is 29.6 Å². The summed E-state index contributed by atoms with van der Waals surface area (Å²) in [6.45, 7) is 11.3. The number of hydrogen-bond acceptors (Lipinski definition) is 2. The van der Waals surface area contributed by atoms with Crippen molar-refractivity contribution in [2.75, 3.05) is 7.05 Å². The van der Waals surface area contributed by atoms with E-state index < -0.39 is 0 Å². The molecule has 0 saturated heterocycles. The Bertz CT molecular complexity index is 568. The molecule has 1 heterocycles. The summed E-state index contributed by atoms with van der Waals surface area (Å²) in [5.41, 5.74) is 5.95. The van der Waals surface area contributed by atoms with E-state index in [0.29, 0.717) is 6.04 Å². The van der Waals surface area contributed by atoms with Crippen LogP contribution < -0.4 is 5.32 Å². The van der Waals surface area contributed by atoms with Crippen molar-refractivity contribution in [1.82, 2.24) is 5.32 Å². The monoisotopic (exact) mass is 301 g/mol. The molecule has 1 atom stereocenters. The molecule has 0 aliphatic heterocycles. The maximum atomic E-state index is 3.46. The van der Waals surface area contributed by atoms with Crippen LogP contribution in [-0.2, 0) is 11.8 Å². The molecule has 0 bridgehead atoms. The number of rotatable bonds is 4. The second-order valence-corrected chi connectivity index (χ2v) is 7.88. The maximum Gasteiger partial charge on any atom is 0.0453 e. The van der Waals surface area contributed by atoms with Crippen LogP contribution in [0.4, 0.5) is 0 Å². The normalized spacial score (nSPS) is 13.4. The molecule has 0 radical (unpaired) electrons. The minimum absolute atomic E-state index is 0.213. The molecule has 0 fully saturated rings. The van der Waals surface area contributed by atoms with Crippen molar-refractivity contribution in [3.05, 3.63) is 56.8 Å². The van der Waals surface area contributed by atoms with Crippen LogP contribution in [0, 0.1) is 13.8 Å². The summed E-state index contributed by atoms with van der Waals surface area (Å²) in [6.07, 6.45) is 1.05.